The topological polar surface area (TPSA) is 109 Å². The van der Waals surface area contributed by atoms with Crippen LogP contribution in [0.2, 0.25) is 0 Å². The first-order valence-electron chi connectivity index (χ1n) is 4.08. The molecule has 0 bridgehead atoms. The second kappa shape index (κ2) is 3.64. The van der Waals surface area contributed by atoms with Crippen molar-refractivity contribution in [1.29, 1.82) is 0 Å². The summed E-state index contributed by atoms with van der Waals surface area (Å²) in [5.41, 5.74) is 0.360. The monoisotopic (exact) mass is 261 g/mol. The van der Waals surface area contributed by atoms with Gasteiger partial charge in [-0.15, -0.1) is 22.9 Å². The van der Waals surface area contributed by atoms with E-state index in [2.05, 4.69) is 33.3 Å². The molecule has 1 aromatic heterocycles. The smallest absolute Gasteiger partial charge is 0.283 e. The highest BCUT2D eigenvalue weighted by Gasteiger charge is 2.34. The molecule has 2 heterocycles. The van der Waals surface area contributed by atoms with Gasteiger partial charge in [-0.1, -0.05) is 0 Å². The van der Waals surface area contributed by atoms with Crippen molar-refractivity contribution in [2.75, 3.05) is 0 Å². The SMILES string of the molecule is O=S(=O)(O)Cn1cccc1C1(S)N=NN=N1. The molecule has 1 aliphatic heterocycles. The summed E-state index contributed by atoms with van der Waals surface area (Å²) in [7, 11) is -4.14. The highest BCUT2D eigenvalue weighted by Crippen LogP contribution is 2.36. The normalized spacial score (nSPS) is 18.1. The summed E-state index contributed by atoms with van der Waals surface area (Å²) in [6.45, 7) is 0. The first-order chi connectivity index (χ1) is 7.41. The van der Waals surface area contributed by atoms with Crippen LogP contribution in [0, 0.1) is 0 Å². The average molecular weight is 261 g/mol. The Morgan fingerprint density at radius 3 is 2.62 bits per heavy atom. The van der Waals surface area contributed by atoms with Crippen molar-refractivity contribution in [3.05, 3.63) is 24.0 Å². The number of hydrogen-bond donors (Lipinski definition) is 2. The Kier molecular flexibility index (Phi) is 2.56. The van der Waals surface area contributed by atoms with Crippen LogP contribution in [0.5, 0.6) is 0 Å². The van der Waals surface area contributed by atoms with Crippen LogP contribution < -0.4 is 0 Å². The maximum atomic E-state index is 10.8. The van der Waals surface area contributed by atoms with Gasteiger partial charge in [0, 0.05) is 6.20 Å². The predicted octanol–water partition coefficient (Wildman–Crippen LogP) is 1.21. The van der Waals surface area contributed by atoms with Crippen molar-refractivity contribution >= 4 is 22.7 Å². The third-order valence-corrected chi connectivity index (χ3v) is 2.90. The van der Waals surface area contributed by atoms with E-state index in [-0.39, 0.29) is 0 Å². The zero-order chi connectivity index (χ0) is 11.8. The summed E-state index contributed by atoms with van der Waals surface area (Å²) in [4.78, 5) is -1.33. The molecule has 0 saturated heterocycles. The van der Waals surface area contributed by atoms with E-state index >= 15 is 0 Å². The van der Waals surface area contributed by atoms with E-state index in [4.69, 9.17) is 4.55 Å². The van der Waals surface area contributed by atoms with E-state index in [0.717, 1.165) is 0 Å². The maximum Gasteiger partial charge on any atom is 0.283 e. The molecular weight excluding hydrogens is 254 g/mol. The van der Waals surface area contributed by atoms with Gasteiger partial charge in [-0.05, 0) is 22.6 Å². The van der Waals surface area contributed by atoms with Gasteiger partial charge in [0.1, 0.15) is 5.88 Å². The number of hydrogen-bond acceptors (Lipinski definition) is 7. The fourth-order valence-electron chi connectivity index (χ4n) is 1.29. The molecule has 0 atom stereocenters. The molecule has 0 fully saturated rings. The first kappa shape index (κ1) is 11.2. The molecule has 2 rings (SSSR count). The lowest BCUT2D eigenvalue weighted by atomic mass is 10.3. The van der Waals surface area contributed by atoms with Crippen molar-refractivity contribution in [3.8, 4) is 0 Å². The van der Waals surface area contributed by atoms with E-state index in [1.807, 2.05) is 0 Å². The molecule has 0 aliphatic carbocycles. The lowest BCUT2D eigenvalue weighted by Crippen LogP contribution is -2.19. The molecule has 0 amide bonds. The van der Waals surface area contributed by atoms with Gasteiger partial charge in [0.05, 0.1) is 5.69 Å². The van der Waals surface area contributed by atoms with Crippen LogP contribution in [-0.2, 0) is 21.0 Å². The summed E-state index contributed by atoms with van der Waals surface area (Å²) in [6.07, 6.45) is 1.46. The van der Waals surface area contributed by atoms with Gasteiger partial charge < -0.3 is 4.57 Å². The van der Waals surface area contributed by atoms with Crippen LogP contribution in [0.4, 0.5) is 0 Å². The van der Waals surface area contributed by atoms with Crippen LogP contribution in [0.25, 0.3) is 0 Å². The van der Waals surface area contributed by atoms with Gasteiger partial charge in [0.25, 0.3) is 15.1 Å². The lowest BCUT2D eigenvalue weighted by molar-refractivity contribution is 0.468. The third-order valence-electron chi connectivity index (χ3n) is 1.88. The van der Waals surface area contributed by atoms with Crippen LogP contribution in [0.1, 0.15) is 5.69 Å². The largest absolute Gasteiger partial charge is 0.330 e. The van der Waals surface area contributed by atoms with E-state index < -0.39 is 21.0 Å². The first-order valence-corrected chi connectivity index (χ1v) is 6.14. The molecule has 1 aromatic rings. The van der Waals surface area contributed by atoms with Crippen LogP contribution in [-0.4, -0.2) is 17.5 Å². The Hall–Kier alpha value is -1.26. The second-order valence-corrected chi connectivity index (χ2v) is 5.13. The Balaban J connectivity index is 2.40. The van der Waals surface area contributed by atoms with Gasteiger partial charge in [-0.2, -0.15) is 8.42 Å². The Labute approximate surface area is 96.2 Å². The van der Waals surface area contributed by atoms with Gasteiger partial charge in [0.15, 0.2) is 0 Å². The summed E-state index contributed by atoms with van der Waals surface area (Å²) in [6, 6.07) is 3.16. The fraction of sp³-hybridized carbons (Fsp3) is 0.333. The summed E-state index contributed by atoms with van der Waals surface area (Å²) in [5, 5.41) is 13.9. The minimum Gasteiger partial charge on any atom is -0.330 e. The Bertz CT molecular complexity index is 548. The second-order valence-electron chi connectivity index (χ2n) is 3.09. The molecular formula is C6H7N5O3S2. The van der Waals surface area contributed by atoms with Crippen LogP contribution in [0.15, 0.2) is 39.0 Å². The molecule has 0 spiro atoms. The van der Waals surface area contributed by atoms with Gasteiger partial charge in [-0.25, -0.2) is 0 Å². The van der Waals surface area contributed by atoms with Crippen molar-refractivity contribution < 1.29 is 13.0 Å². The molecule has 8 nitrogen and oxygen atoms in total. The molecule has 10 heteroatoms. The number of aromatic nitrogens is 1. The molecule has 0 radical (unpaired) electrons. The Morgan fingerprint density at radius 2 is 2.06 bits per heavy atom. The molecule has 0 saturated carbocycles. The quantitative estimate of drug-likeness (QED) is 0.630. The highest BCUT2D eigenvalue weighted by molar-refractivity contribution is 7.84. The van der Waals surface area contributed by atoms with Crippen LogP contribution >= 0.6 is 12.6 Å². The summed E-state index contributed by atoms with van der Waals surface area (Å²) in [5.74, 6) is -0.595. The molecule has 1 aliphatic rings. The van der Waals surface area contributed by atoms with Gasteiger partial charge in [0.2, 0.25) is 0 Å². The van der Waals surface area contributed by atoms with E-state index in [1.54, 1.807) is 12.1 Å². The lowest BCUT2D eigenvalue weighted by Gasteiger charge is -2.15. The third kappa shape index (κ3) is 2.13. The number of rotatable bonds is 3. The zero-order valence-electron chi connectivity index (χ0n) is 7.79. The van der Waals surface area contributed by atoms with Gasteiger partial charge >= 0.3 is 0 Å². The summed E-state index contributed by atoms with van der Waals surface area (Å²) < 4.78 is 31.6. The average Bonchev–Trinajstić information content (AvgIpc) is 2.72. The highest BCUT2D eigenvalue weighted by atomic mass is 32.2. The molecule has 1 N–H and O–H groups in total. The van der Waals surface area contributed by atoms with Gasteiger partial charge in [-0.3, -0.25) is 4.55 Å². The van der Waals surface area contributed by atoms with E-state index in [9.17, 15) is 8.42 Å². The Morgan fingerprint density at radius 1 is 1.44 bits per heavy atom. The van der Waals surface area contributed by atoms with E-state index in [1.165, 1.54) is 10.8 Å². The standard InChI is InChI=1S/C6H7N5O3S2/c12-16(13,14)4-11-3-1-2-5(11)6(15)7-9-10-8-6/h1-3,15H,4H2,(H,12,13,14). The minimum absolute atomic E-state index is 0.360. The fourth-order valence-corrected chi connectivity index (χ4v) is 2.15. The predicted molar refractivity (Wildman–Crippen MR) is 56.4 cm³/mol. The number of thiol groups is 1. The minimum atomic E-state index is -4.14. The summed E-state index contributed by atoms with van der Waals surface area (Å²) >= 11 is 4.14. The van der Waals surface area contributed by atoms with Crippen LogP contribution in [0.3, 0.4) is 0 Å². The maximum absolute atomic E-state index is 10.8. The number of nitrogens with zero attached hydrogens (tertiary/aromatic N) is 5. The van der Waals surface area contributed by atoms with Crippen molar-refractivity contribution in [3.63, 3.8) is 0 Å². The molecule has 0 unspecified atom stereocenters. The molecule has 16 heavy (non-hydrogen) atoms. The molecule has 0 aromatic carbocycles. The van der Waals surface area contributed by atoms with Crippen molar-refractivity contribution in [1.82, 2.24) is 4.57 Å². The molecule has 86 valence electrons. The zero-order valence-corrected chi connectivity index (χ0v) is 9.51. The van der Waals surface area contributed by atoms with E-state index in [0.29, 0.717) is 5.69 Å². The van der Waals surface area contributed by atoms with Crippen molar-refractivity contribution in [2.45, 2.75) is 10.9 Å². The van der Waals surface area contributed by atoms with Crippen molar-refractivity contribution in [2.24, 2.45) is 20.7 Å².